The molecular formula is C21H23N3O2S2. The number of nitrogens with zero attached hydrogens (tertiary/aromatic N) is 2. The van der Waals surface area contributed by atoms with Gasteiger partial charge < -0.3 is 9.88 Å². The van der Waals surface area contributed by atoms with E-state index in [1.165, 1.54) is 22.2 Å². The number of nitrogens with one attached hydrogen (secondary N) is 1. The zero-order chi connectivity index (χ0) is 19.8. The number of fused-ring (bicyclic) bond motifs is 3. The minimum atomic E-state index is -0.361. The molecule has 0 bridgehead atoms. The Labute approximate surface area is 172 Å². The summed E-state index contributed by atoms with van der Waals surface area (Å²) in [5.41, 5.74) is 1.93. The third-order valence-corrected chi connectivity index (χ3v) is 7.37. The molecule has 146 valence electrons. The van der Waals surface area contributed by atoms with Crippen LogP contribution in [0.3, 0.4) is 0 Å². The van der Waals surface area contributed by atoms with Crippen LogP contribution in [0, 0.1) is 5.92 Å². The van der Waals surface area contributed by atoms with Gasteiger partial charge in [0.25, 0.3) is 5.56 Å². The second-order valence-corrected chi connectivity index (χ2v) is 9.81. The Balaban J connectivity index is 1.58. The minimum Gasteiger partial charge on any atom is -0.315 e. The van der Waals surface area contributed by atoms with E-state index >= 15 is 0 Å². The van der Waals surface area contributed by atoms with Gasteiger partial charge >= 0.3 is 0 Å². The summed E-state index contributed by atoms with van der Waals surface area (Å²) in [5.74, 6) is 0.623. The first kappa shape index (κ1) is 19.2. The number of H-pyrrole nitrogens is 1. The zero-order valence-corrected chi connectivity index (χ0v) is 17.8. The molecule has 0 radical (unpaired) electrons. The number of carbonyl (C=O) groups is 1. The number of thiophene rings is 1. The maximum absolute atomic E-state index is 12.8. The molecule has 3 aromatic rings. The van der Waals surface area contributed by atoms with E-state index in [2.05, 4.69) is 16.9 Å². The molecule has 0 unspecified atom stereocenters. The molecule has 2 aromatic heterocycles. The van der Waals surface area contributed by atoms with Crippen molar-refractivity contribution in [1.82, 2.24) is 9.97 Å². The van der Waals surface area contributed by atoms with Gasteiger partial charge in [0.1, 0.15) is 4.83 Å². The van der Waals surface area contributed by atoms with E-state index in [1.807, 2.05) is 37.3 Å². The topological polar surface area (TPSA) is 66.1 Å². The molecule has 2 heterocycles. The summed E-state index contributed by atoms with van der Waals surface area (Å²) in [7, 11) is 1.77. The van der Waals surface area contributed by atoms with E-state index < -0.39 is 0 Å². The molecule has 1 aliphatic carbocycles. The number of aromatic nitrogens is 2. The highest BCUT2D eigenvalue weighted by Gasteiger charge is 2.25. The van der Waals surface area contributed by atoms with Crippen molar-refractivity contribution in [1.29, 1.82) is 0 Å². The summed E-state index contributed by atoms with van der Waals surface area (Å²) in [5, 5.41) is 0.892. The third kappa shape index (κ3) is 3.61. The monoisotopic (exact) mass is 413 g/mol. The van der Waals surface area contributed by atoms with Gasteiger partial charge in [0.15, 0.2) is 5.16 Å². The number of aryl methyl sites for hydroxylation is 1. The van der Waals surface area contributed by atoms with Gasteiger partial charge in [-0.25, -0.2) is 4.98 Å². The molecule has 1 N–H and O–H groups in total. The molecule has 28 heavy (non-hydrogen) atoms. The Kier molecular flexibility index (Phi) is 5.29. The van der Waals surface area contributed by atoms with Crippen LogP contribution < -0.4 is 10.5 Å². The second-order valence-electron chi connectivity index (χ2n) is 7.40. The van der Waals surface area contributed by atoms with E-state index in [1.54, 1.807) is 23.3 Å². The molecule has 5 nitrogen and oxygen atoms in total. The molecule has 0 fully saturated rings. The van der Waals surface area contributed by atoms with E-state index in [4.69, 9.17) is 0 Å². The number of benzene rings is 1. The molecule has 0 spiro atoms. The quantitative estimate of drug-likeness (QED) is 0.513. The first-order valence-corrected chi connectivity index (χ1v) is 11.2. The molecule has 4 rings (SSSR count). The van der Waals surface area contributed by atoms with Crippen LogP contribution >= 0.6 is 23.1 Å². The molecule has 7 heteroatoms. The lowest BCUT2D eigenvalue weighted by Gasteiger charge is -2.20. The summed E-state index contributed by atoms with van der Waals surface area (Å²) < 4.78 is 0. The van der Waals surface area contributed by atoms with Crippen LogP contribution in [-0.4, -0.2) is 28.2 Å². The molecule has 0 aliphatic heterocycles. The van der Waals surface area contributed by atoms with Crippen molar-refractivity contribution in [3.8, 4) is 0 Å². The fraction of sp³-hybridized carbons (Fsp3) is 0.381. The fourth-order valence-corrected chi connectivity index (χ4v) is 5.98. The maximum atomic E-state index is 12.8. The normalized spacial score (nSPS) is 17.3. The standard InChI is InChI=1S/C21H23N3O2S2/c1-12-9-10-15-16(11-12)28-19-17(15)18(25)22-21(23-19)27-13(2)20(26)24(3)14-7-5-4-6-8-14/h4-8,12-13H,9-11H2,1-3H3,(H,22,23,25)/t12-,13-/m1/s1. The van der Waals surface area contributed by atoms with Crippen LogP contribution in [0.4, 0.5) is 5.69 Å². The van der Waals surface area contributed by atoms with Crippen molar-refractivity contribution in [2.24, 2.45) is 5.92 Å². The van der Waals surface area contributed by atoms with Gasteiger partial charge in [-0.05, 0) is 49.8 Å². The van der Waals surface area contributed by atoms with Gasteiger partial charge in [-0.2, -0.15) is 0 Å². The first-order valence-electron chi connectivity index (χ1n) is 9.48. The molecule has 2 atom stereocenters. The number of para-hydroxylation sites is 1. The summed E-state index contributed by atoms with van der Waals surface area (Å²) in [4.78, 5) is 36.8. The Bertz CT molecular complexity index is 1070. The van der Waals surface area contributed by atoms with Crippen molar-refractivity contribution in [3.63, 3.8) is 0 Å². The van der Waals surface area contributed by atoms with E-state index in [0.717, 1.165) is 35.2 Å². The molecular weight excluding hydrogens is 390 g/mol. The minimum absolute atomic E-state index is 0.0294. The maximum Gasteiger partial charge on any atom is 0.260 e. The molecule has 0 saturated heterocycles. The highest BCUT2D eigenvalue weighted by molar-refractivity contribution is 8.00. The van der Waals surface area contributed by atoms with Crippen molar-refractivity contribution in [2.45, 2.75) is 43.5 Å². The first-order chi connectivity index (χ1) is 13.4. The van der Waals surface area contributed by atoms with Gasteiger partial charge in [-0.3, -0.25) is 9.59 Å². The van der Waals surface area contributed by atoms with Crippen molar-refractivity contribution in [2.75, 3.05) is 11.9 Å². The van der Waals surface area contributed by atoms with Crippen molar-refractivity contribution in [3.05, 3.63) is 51.1 Å². The Morgan fingerprint density at radius 3 is 2.86 bits per heavy atom. The van der Waals surface area contributed by atoms with Gasteiger partial charge in [0.05, 0.1) is 10.6 Å². The summed E-state index contributed by atoms with van der Waals surface area (Å²) in [6, 6.07) is 9.54. The molecule has 1 aliphatic rings. The number of rotatable bonds is 4. The third-order valence-electron chi connectivity index (χ3n) is 5.25. The van der Waals surface area contributed by atoms with Crippen LogP contribution in [0.25, 0.3) is 10.2 Å². The number of amides is 1. The highest BCUT2D eigenvalue weighted by atomic mass is 32.2. The van der Waals surface area contributed by atoms with Crippen LogP contribution in [0.15, 0.2) is 40.3 Å². The number of carbonyl (C=O) groups excluding carboxylic acids is 1. The van der Waals surface area contributed by atoms with Gasteiger partial charge in [-0.1, -0.05) is 36.9 Å². The number of hydrogen-bond acceptors (Lipinski definition) is 5. The summed E-state index contributed by atoms with van der Waals surface area (Å²) in [6.07, 6.45) is 3.09. The Hall–Kier alpha value is -2.12. The number of hydrogen-bond donors (Lipinski definition) is 1. The average molecular weight is 414 g/mol. The average Bonchev–Trinajstić information content (AvgIpc) is 3.05. The second kappa shape index (κ2) is 7.72. The van der Waals surface area contributed by atoms with E-state index in [0.29, 0.717) is 11.1 Å². The Morgan fingerprint density at radius 2 is 2.11 bits per heavy atom. The number of thioether (sulfide) groups is 1. The van der Waals surface area contributed by atoms with Gasteiger partial charge in [0, 0.05) is 17.6 Å². The van der Waals surface area contributed by atoms with Crippen LogP contribution in [0.1, 0.15) is 30.7 Å². The largest absolute Gasteiger partial charge is 0.315 e. The molecule has 0 saturated carbocycles. The molecule has 1 amide bonds. The lowest BCUT2D eigenvalue weighted by atomic mass is 9.89. The van der Waals surface area contributed by atoms with Crippen molar-refractivity contribution < 1.29 is 4.79 Å². The van der Waals surface area contributed by atoms with Crippen LogP contribution in [-0.2, 0) is 17.6 Å². The zero-order valence-electron chi connectivity index (χ0n) is 16.2. The van der Waals surface area contributed by atoms with E-state index in [9.17, 15) is 9.59 Å². The van der Waals surface area contributed by atoms with Gasteiger partial charge in [0.2, 0.25) is 5.91 Å². The van der Waals surface area contributed by atoms with Crippen molar-refractivity contribution >= 4 is 44.9 Å². The fourth-order valence-electron chi connectivity index (χ4n) is 3.65. The predicted octanol–water partition coefficient (Wildman–Crippen LogP) is 4.25. The smallest absolute Gasteiger partial charge is 0.260 e. The number of anilines is 1. The molecule has 1 aromatic carbocycles. The highest BCUT2D eigenvalue weighted by Crippen LogP contribution is 2.36. The lowest BCUT2D eigenvalue weighted by Crippen LogP contribution is -2.33. The van der Waals surface area contributed by atoms with Gasteiger partial charge in [-0.15, -0.1) is 11.3 Å². The van der Waals surface area contributed by atoms with Crippen LogP contribution in [0.2, 0.25) is 0 Å². The van der Waals surface area contributed by atoms with Crippen LogP contribution in [0.5, 0.6) is 0 Å². The van der Waals surface area contributed by atoms with E-state index in [-0.39, 0.29) is 16.7 Å². The number of aromatic amines is 1. The lowest BCUT2D eigenvalue weighted by molar-refractivity contribution is -0.117. The SMILES string of the molecule is C[C@@H]1CCc2c(sc3nc(S[C@H](C)C(=O)N(C)c4ccccc4)[nH]c(=O)c23)C1. The summed E-state index contributed by atoms with van der Waals surface area (Å²) >= 11 is 2.93. The Morgan fingerprint density at radius 1 is 1.36 bits per heavy atom. The summed E-state index contributed by atoms with van der Waals surface area (Å²) in [6.45, 7) is 4.10. The predicted molar refractivity (Wildman–Crippen MR) is 117 cm³/mol.